The van der Waals surface area contributed by atoms with Gasteiger partial charge in [0.05, 0.1) is 9.82 Å². The minimum atomic E-state index is -3.47. The van der Waals surface area contributed by atoms with Crippen molar-refractivity contribution in [3.05, 3.63) is 40.0 Å². The van der Waals surface area contributed by atoms with Gasteiger partial charge in [0.15, 0.2) is 9.84 Å². The Bertz CT molecular complexity index is 747. The number of anilines is 1. The maximum absolute atomic E-state index is 11.6. The standard InChI is InChI=1S/C16H23N3O4S/c1-13(2)6-7-17-8-10-18(11-9-17)15-5-4-14(24(3,22)23)12-16(15)19(20)21/h4-6,12H,7-11H2,1-3H3. The van der Waals surface area contributed by atoms with Crippen LogP contribution in [-0.4, -0.2) is 57.2 Å². The fourth-order valence-corrected chi connectivity index (χ4v) is 3.27. The van der Waals surface area contributed by atoms with Gasteiger partial charge in [-0.3, -0.25) is 15.0 Å². The molecule has 1 aliphatic rings. The van der Waals surface area contributed by atoms with Gasteiger partial charge in [-0.15, -0.1) is 0 Å². The van der Waals surface area contributed by atoms with E-state index >= 15 is 0 Å². The molecule has 0 unspecified atom stereocenters. The van der Waals surface area contributed by atoms with E-state index in [1.807, 2.05) is 4.90 Å². The van der Waals surface area contributed by atoms with E-state index in [9.17, 15) is 18.5 Å². The Kier molecular flexibility index (Phi) is 5.61. The summed E-state index contributed by atoms with van der Waals surface area (Å²) in [4.78, 5) is 15.0. The largest absolute Gasteiger partial charge is 0.363 e. The molecule has 1 saturated heterocycles. The van der Waals surface area contributed by atoms with Gasteiger partial charge in [-0.05, 0) is 26.0 Å². The van der Waals surface area contributed by atoms with Gasteiger partial charge in [0.1, 0.15) is 5.69 Å². The van der Waals surface area contributed by atoms with Gasteiger partial charge in [0.2, 0.25) is 0 Å². The summed E-state index contributed by atoms with van der Waals surface area (Å²) in [5.74, 6) is 0. The maximum atomic E-state index is 11.6. The highest BCUT2D eigenvalue weighted by molar-refractivity contribution is 7.90. The Hall–Kier alpha value is -1.93. The molecule has 1 fully saturated rings. The molecule has 24 heavy (non-hydrogen) atoms. The zero-order valence-corrected chi connectivity index (χ0v) is 15.0. The Labute approximate surface area is 142 Å². The van der Waals surface area contributed by atoms with Crippen molar-refractivity contribution in [3.8, 4) is 0 Å². The average Bonchev–Trinajstić information content (AvgIpc) is 2.52. The number of rotatable bonds is 5. The SMILES string of the molecule is CC(C)=CCN1CCN(c2ccc(S(C)(=O)=O)cc2[N+](=O)[O-])CC1. The van der Waals surface area contributed by atoms with Crippen molar-refractivity contribution < 1.29 is 13.3 Å². The number of benzene rings is 1. The Morgan fingerprint density at radius 2 is 1.88 bits per heavy atom. The molecule has 0 radical (unpaired) electrons. The van der Waals surface area contributed by atoms with E-state index in [1.54, 1.807) is 6.07 Å². The molecule has 8 heteroatoms. The van der Waals surface area contributed by atoms with Crippen LogP contribution in [0.4, 0.5) is 11.4 Å². The second-order valence-electron chi connectivity index (χ2n) is 6.25. The van der Waals surface area contributed by atoms with Crippen molar-refractivity contribution in [3.63, 3.8) is 0 Å². The summed E-state index contributed by atoms with van der Waals surface area (Å²) < 4.78 is 23.2. The summed E-state index contributed by atoms with van der Waals surface area (Å²) in [6, 6.07) is 4.13. The van der Waals surface area contributed by atoms with Gasteiger partial charge in [0.25, 0.3) is 5.69 Å². The van der Waals surface area contributed by atoms with E-state index in [1.165, 1.54) is 11.6 Å². The smallest absolute Gasteiger partial charge is 0.293 e. The predicted molar refractivity (Wildman–Crippen MR) is 94.3 cm³/mol. The lowest BCUT2D eigenvalue weighted by molar-refractivity contribution is -0.384. The number of hydrogen-bond acceptors (Lipinski definition) is 6. The fraction of sp³-hybridized carbons (Fsp3) is 0.500. The maximum Gasteiger partial charge on any atom is 0.293 e. The zero-order valence-electron chi connectivity index (χ0n) is 14.2. The molecule has 1 aliphatic heterocycles. The molecule has 0 amide bonds. The number of hydrogen-bond donors (Lipinski definition) is 0. The van der Waals surface area contributed by atoms with Gasteiger partial charge in [-0.2, -0.15) is 0 Å². The minimum absolute atomic E-state index is 0.0276. The summed E-state index contributed by atoms with van der Waals surface area (Å²) in [6.07, 6.45) is 3.22. The number of nitrogens with zero attached hydrogens (tertiary/aromatic N) is 3. The van der Waals surface area contributed by atoms with Crippen molar-refractivity contribution >= 4 is 21.2 Å². The van der Waals surface area contributed by atoms with Crippen LogP contribution in [0.3, 0.4) is 0 Å². The van der Waals surface area contributed by atoms with Crippen molar-refractivity contribution in [2.75, 3.05) is 43.9 Å². The molecule has 0 aliphatic carbocycles. The Morgan fingerprint density at radius 3 is 2.38 bits per heavy atom. The fourth-order valence-electron chi connectivity index (χ4n) is 2.63. The lowest BCUT2D eigenvalue weighted by Gasteiger charge is -2.35. The first kappa shape index (κ1) is 18.4. The first-order valence-electron chi connectivity index (χ1n) is 7.77. The van der Waals surface area contributed by atoms with E-state index in [-0.39, 0.29) is 10.6 Å². The summed E-state index contributed by atoms with van der Waals surface area (Å²) >= 11 is 0. The number of nitro benzene ring substituents is 1. The van der Waals surface area contributed by atoms with Crippen LogP contribution >= 0.6 is 0 Å². The molecule has 7 nitrogen and oxygen atoms in total. The molecule has 0 aromatic heterocycles. The van der Waals surface area contributed by atoms with E-state index in [4.69, 9.17) is 0 Å². The molecular weight excluding hydrogens is 330 g/mol. The molecule has 0 N–H and O–H groups in total. The lowest BCUT2D eigenvalue weighted by atomic mass is 10.2. The van der Waals surface area contributed by atoms with Gasteiger partial charge >= 0.3 is 0 Å². The van der Waals surface area contributed by atoms with E-state index in [2.05, 4.69) is 24.8 Å². The number of nitro groups is 1. The van der Waals surface area contributed by atoms with Crippen LogP contribution in [0.1, 0.15) is 13.8 Å². The molecule has 0 bridgehead atoms. The molecule has 1 aromatic carbocycles. The minimum Gasteiger partial charge on any atom is -0.363 e. The molecule has 0 spiro atoms. The van der Waals surface area contributed by atoms with Crippen LogP contribution in [0.2, 0.25) is 0 Å². The third-order valence-corrected chi connectivity index (χ3v) is 5.15. The highest BCUT2D eigenvalue weighted by Gasteiger charge is 2.25. The monoisotopic (exact) mass is 353 g/mol. The second-order valence-corrected chi connectivity index (χ2v) is 8.26. The Morgan fingerprint density at radius 1 is 1.25 bits per heavy atom. The van der Waals surface area contributed by atoms with Crippen molar-refractivity contribution in [1.82, 2.24) is 4.90 Å². The lowest BCUT2D eigenvalue weighted by Crippen LogP contribution is -2.46. The summed E-state index contributed by atoms with van der Waals surface area (Å²) in [5, 5.41) is 11.4. The molecule has 2 rings (SSSR count). The third kappa shape index (κ3) is 4.55. The molecule has 132 valence electrons. The van der Waals surface area contributed by atoms with E-state index in [0.29, 0.717) is 18.8 Å². The van der Waals surface area contributed by atoms with Gasteiger partial charge in [0, 0.05) is 45.0 Å². The van der Waals surface area contributed by atoms with Gasteiger partial charge in [-0.1, -0.05) is 11.6 Å². The molecule has 0 atom stereocenters. The van der Waals surface area contributed by atoms with Crippen LogP contribution in [0.25, 0.3) is 0 Å². The number of allylic oxidation sites excluding steroid dienone is 1. The van der Waals surface area contributed by atoms with Gasteiger partial charge in [-0.25, -0.2) is 8.42 Å². The molecule has 0 saturated carbocycles. The molecule has 1 heterocycles. The highest BCUT2D eigenvalue weighted by Crippen LogP contribution is 2.31. The topological polar surface area (TPSA) is 83.8 Å². The van der Waals surface area contributed by atoms with Crippen LogP contribution in [0.15, 0.2) is 34.7 Å². The van der Waals surface area contributed by atoms with Crippen LogP contribution in [0.5, 0.6) is 0 Å². The normalized spacial score (nSPS) is 16.0. The first-order valence-corrected chi connectivity index (χ1v) is 9.67. The van der Waals surface area contributed by atoms with Crippen LogP contribution in [-0.2, 0) is 9.84 Å². The molecule has 1 aromatic rings. The van der Waals surface area contributed by atoms with Crippen LogP contribution in [0, 0.1) is 10.1 Å². The first-order chi connectivity index (χ1) is 11.2. The number of sulfone groups is 1. The van der Waals surface area contributed by atoms with E-state index in [0.717, 1.165) is 32.0 Å². The molecular formula is C16H23N3O4S. The number of piperazine rings is 1. The van der Waals surface area contributed by atoms with Gasteiger partial charge < -0.3 is 4.90 Å². The second kappa shape index (κ2) is 7.31. The summed E-state index contributed by atoms with van der Waals surface area (Å²) in [5.41, 5.74) is 1.59. The van der Waals surface area contributed by atoms with Crippen molar-refractivity contribution in [2.24, 2.45) is 0 Å². The average molecular weight is 353 g/mol. The van der Waals surface area contributed by atoms with Crippen LogP contribution < -0.4 is 4.90 Å². The quantitative estimate of drug-likeness (QED) is 0.458. The van der Waals surface area contributed by atoms with E-state index < -0.39 is 14.8 Å². The highest BCUT2D eigenvalue weighted by atomic mass is 32.2. The third-order valence-electron chi connectivity index (χ3n) is 4.04. The summed E-state index contributed by atoms with van der Waals surface area (Å²) in [7, 11) is -3.47. The summed E-state index contributed by atoms with van der Waals surface area (Å²) in [6.45, 7) is 7.98. The zero-order chi connectivity index (χ0) is 17.9. The van der Waals surface area contributed by atoms with Crippen molar-refractivity contribution in [1.29, 1.82) is 0 Å². The Balaban J connectivity index is 2.18. The van der Waals surface area contributed by atoms with Crippen molar-refractivity contribution in [2.45, 2.75) is 18.7 Å². The predicted octanol–water partition coefficient (Wildman–Crippen LogP) is 2.09.